The number of aryl methyl sites for hydroxylation is 1. The van der Waals surface area contributed by atoms with Gasteiger partial charge in [-0.1, -0.05) is 0 Å². The molecule has 0 aromatic carbocycles. The van der Waals surface area contributed by atoms with Crippen LogP contribution in [-0.2, 0) is 5.54 Å². The van der Waals surface area contributed by atoms with E-state index >= 15 is 0 Å². The molecule has 6 heteroatoms. The van der Waals surface area contributed by atoms with Crippen molar-refractivity contribution in [2.45, 2.75) is 26.3 Å². The summed E-state index contributed by atoms with van der Waals surface area (Å²) in [5, 5.41) is 9.43. The van der Waals surface area contributed by atoms with Crippen LogP contribution in [0.2, 0.25) is 0 Å². The van der Waals surface area contributed by atoms with Gasteiger partial charge in [0.25, 0.3) is 0 Å². The molecule has 2 aromatic rings. The number of hydrogen-bond acceptors (Lipinski definition) is 6. The molecule has 0 spiro atoms. The molecule has 0 unspecified atom stereocenters. The van der Waals surface area contributed by atoms with Gasteiger partial charge in [-0.25, -0.2) is 15.0 Å². The maximum Gasteiger partial charge on any atom is 0.132 e. The first-order valence-corrected chi connectivity index (χ1v) is 6.61. The smallest absolute Gasteiger partial charge is 0.132 e. The highest BCUT2D eigenvalue weighted by Gasteiger charge is 2.23. The third kappa shape index (κ3) is 2.76. The molecular weight excluding hydrogens is 246 g/mol. The molecule has 96 valence electrons. The molecule has 5 nitrogen and oxygen atoms in total. The third-order valence-electron chi connectivity index (χ3n) is 2.50. The standard InChI is InChI=1S/C12H17N5S/c1-8-15-9(13-4)7-10(16-8)17-12(2,3)11-14-5-6-18-11/h5-7H,1-4H3,(H2,13,15,16,17). The van der Waals surface area contributed by atoms with Crippen molar-refractivity contribution < 1.29 is 0 Å². The van der Waals surface area contributed by atoms with Crippen molar-refractivity contribution in [1.29, 1.82) is 0 Å². The average Bonchev–Trinajstić information content (AvgIpc) is 2.81. The van der Waals surface area contributed by atoms with Crippen molar-refractivity contribution in [1.82, 2.24) is 15.0 Å². The summed E-state index contributed by atoms with van der Waals surface area (Å²) in [6, 6.07) is 1.89. The summed E-state index contributed by atoms with van der Waals surface area (Å²) in [4.78, 5) is 13.0. The minimum atomic E-state index is -0.250. The highest BCUT2D eigenvalue weighted by Crippen LogP contribution is 2.26. The molecule has 0 aliphatic heterocycles. The summed E-state index contributed by atoms with van der Waals surface area (Å²) < 4.78 is 0. The van der Waals surface area contributed by atoms with Gasteiger partial charge < -0.3 is 10.6 Å². The lowest BCUT2D eigenvalue weighted by Crippen LogP contribution is -2.28. The molecular formula is C12H17N5S. The van der Waals surface area contributed by atoms with Crippen LogP contribution in [0.3, 0.4) is 0 Å². The zero-order chi connectivity index (χ0) is 13.2. The van der Waals surface area contributed by atoms with E-state index in [1.54, 1.807) is 11.3 Å². The molecule has 0 bridgehead atoms. The van der Waals surface area contributed by atoms with Gasteiger partial charge in [-0.05, 0) is 20.8 Å². The van der Waals surface area contributed by atoms with Crippen molar-refractivity contribution in [2.24, 2.45) is 0 Å². The number of nitrogens with zero attached hydrogens (tertiary/aromatic N) is 3. The van der Waals surface area contributed by atoms with Crippen LogP contribution in [0, 0.1) is 6.92 Å². The van der Waals surface area contributed by atoms with E-state index in [9.17, 15) is 0 Å². The monoisotopic (exact) mass is 263 g/mol. The van der Waals surface area contributed by atoms with E-state index in [0.717, 1.165) is 22.5 Å². The van der Waals surface area contributed by atoms with Crippen LogP contribution < -0.4 is 10.6 Å². The lowest BCUT2D eigenvalue weighted by Gasteiger charge is -2.24. The summed E-state index contributed by atoms with van der Waals surface area (Å²) in [7, 11) is 1.84. The molecule has 2 N–H and O–H groups in total. The maximum atomic E-state index is 4.39. The largest absolute Gasteiger partial charge is 0.373 e. The van der Waals surface area contributed by atoms with Gasteiger partial charge in [0.2, 0.25) is 0 Å². The van der Waals surface area contributed by atoms with Crippen molar-refractivity contribution in [3.63, 3.8) is 0 Å². The van der Waals surface area contributed by atoms with E-state index in [0.29, 0.717) is 0 Å². The predicted octanol–water partition coefficient (Wildman–Crippen LogP) is 2.63. The zero-order valence-corrected chi connectivity index (χ0v) is 11.8. The Kier molecular flexibility index (Phi) is 3.47. The van der Waals surface area contributed by atoms with Crippen LogP contribution in [0.4, 0.5) is 11.6 Å². The van der Waals surface area contributed by atoms with Crippen LogP contribution in [0.5, 0.6) is 0 Å². The molecule has 0 amide bonds. The second-order valence-corrected chi connectivity index (χ2v) is 5.42. The topological polar surface area (TPSA) is 62.7 Å². The Morgan fingerprint density at radius 3 is 2.56 bits per heavy atom. The van der Waals surface area contributed by atoms with E-state index in [1.807, 2.05) is 31.6 Å². The van der Waals surface area contributed by atoms with Crippen LogP contribution >= 0.6 is 11.3 Å². The molecule has 0 saturated carbocycles. The fraction of sp³-hybridized carbons (Fsp3) is 0.417. The van der Waals surface area contributed by atoms with Gasteiger partial charge in [0.1, 0.15) is 22.5 Å². The number of anilines is 2. The zero-order valence-electron chi connectivity index (χ0n) is 11.0. The Bertz CT molecular complexity index is 521. The van der Waals surface area contributed by atoms with Crippen LogP contribution in [0.25, 0.3) is 0 Å². The second kappa shape index (κ2) is 4.89. The first-order chi connectivity index (χ1) is 8.51. The Morgan fingerprint density at radius 2 is 1.94 bits per heavy atom. The summed E-state index contributed by atoms with van der Waals surface area (Å²) >= 11 is 1.63. The fourth-order valence-corrected chi connectivity index (χ4v) is 2.38. The first-order valence-electron chi connectivity index (χ1n) is 5.73. The van der Waals surface area contributed by atoms with E-state index in [4.69, 9.17) is 0 Å². The molecule has 2 rings (SSSR count). The van der Waals surface area contributed by atoms with Gasteiger partial charge in [0.05, 0.1) is 5.54 Å². The van der Waals surface area contributed by atoms with Crippen molar-refractivity contribution in [3.8, 4) is 0 Å². The molecule has 0 aliphatic rings. The highest BCUT2D eigenvalue weighted by atomic mass is 32.1. The van der Waals surface area contributed by atoms with E-state index in [-0.39, 0.29) is 5.54 Å². The molecule has 0 saturated heterocycles. The molecule has 18 heavy (non-hydrogen) atoms. The van der Waals surface area contributed by atoms with Crippen molar-refractivity contribution in [3.05, 3.63) is 28.5 Å². The van der Waals surface area contributed by atoms with Crippen LogP contribution in [0.15, 0.2) is 17.6 Å². The number of rotatable bonds is 4. The third-order valence-corrected chi connectivity index (χ3v) is 3.60. The lowest BCUT2D eigenvalue weighted by atomic mass is 10.1. The normalized spacial score (nSPS) is 11.3. The number of thiazole rings is 1. The highest BCUT2D eigenvalue weighted by molar-refractivity contribution is 7.09. The van der Waals surface area contributed by atoms with Crippen LogP contribution in [0.1, 0.15) is 24.7 Å². The Hall–Kier alpha value is -1.69. The lowest BCUT2D eigenvalue weighted by molar-refractivity contribution is 0.600. The first kappa shape index (κ1) is 12.8. The molecule has 2 heterocycles. The maximum absolute atomic E-state index is 4.39. The molecule has 2 aromatic heterocycles. The Labute approximate surface area is 111 Å². The van der Waals surface area contributed by atoms with Crippen LogP contribution in [-0.4, -0.2) is 22.0 Å². The summed E-state index contributed by atoms with van der Waals surface area (Å²) in [5.41, 5.74) is -0.250. The van der Waals surface area contributed by atoms with E-state index in [2.05, 4.69) is 39.4 Å². The summed E-state index contributed by atoms with van der Waals surface area (Å²) in [5.74, 6) is 2.34. The fourth-order valence-electron chi connectivity index (χ4n) is 1.67. The Morgan fingerprint density at radius 1 is 1.22 bits per heavy atom. The van der Waals surface area contributed by atoms with Gasteiger partial charge in [-0.15, -0.1) is 11.3 Å². The molecule has 0 atom stereocenters. The average molecular weight is 263 g/mol. The number of aromatic nitrogens is 3. The van der Waals surface area contributed by atoms with Gasteiger partial charge in [-0.2, -0.15) is 0 Å². The molecule has 0 aliphatic carbocycles. The summed E-state index contributed by atoms with van der Waals surface area (Å²) in [6.07, 6.45) is 1.81. The number of nitrogens with one attached hydrogen (secondary N) is 2. The number of hydrogen-bond donors (Lipinski definition) is 2. The second-order valence-electron chi connectivity index (χ2n) is 4.52. The van der Waals surface area contributed by atoms with Gasteiger partial charge >= 0.3 is 0 Å². The predicted molar refractivity (Wildman–Crippen MR) is 75.1 cm³/mol. The minimum Gasteiger partial charge on any atom is -0.373 e. The van der Waals surface area contributed by atoms with Crippen molar-refractivity contribution >= 4 is 23.0 Å². The van der Waals surface area contributed by atoms with E-state index in [1.165, 1.54) is 0 Å². The van der Waals surface area contributed by atoms with Gasteiger partial charge in [-0.3, -0.25) is 0 Å². The van der Waals surface area contributed by atoms with Gasteiger partial charge in [0.15, 0.2) is 0 Å². The SMILES string of the molecule is CNc1cc(NC(C)(C)c2nccs2)nc(C)n1. The minimum absolute atomic E-state index is 0.250. The quantitative estimate of drug-likeness (QED) is 0.888. The molecule has 0 radical (unpaired) electrons. The van der Waals surface area contributed by atoms with E-state index < -0.39 is 0 Å². The Balaban J connectivity index is 2.26. The van der Waals surface area contributed by atoms with Gasteiger partial charge in [0, 0.05) is 24.7 Å². The summed E-state index contributed by atoms with van der Waals surface area (Å²) in [6.45, 7) is 6.05. The molecule has 0 fully saturated rings. The van der Waals surface area contributed by atoms with Crippen molar-refractivity contribution in [2.75, 3.05) is 17.7 Å².